The predicted molar refractivity (Wildman–Crippen MR) is 41.0 cm³/mol. The van der Waals surface area contributed by atoms with Gasteiger partial charge in [-0.1, -0.05) is 0 Å². The fourth-order valence-corrected chi connectivity index (χ4v) is 1.09. The lowest BCUT2D eigenvalue weighted by Gasteiger charge is -1.90. The van der Waals surface area contributed by atoms with E-state index in [1.54, 1.807) is 18.2 Å². The van der Waals surface area contributed by atoms with Crippen molar-refractivity contribution < 1.29 is 4.39 Å². The SMILES string of the molecule is [NH]c1ccc2c(F)c[nH]c2c1. The molecule has 1 aromatic heterocycles. The Bertz CT molecular complexity index is 392. The Morgan fingerprint density at radius 3 is 3.00 bits per heavy atom. The van der Waals surface area contributed by atoms with E-state index in [4.69, 9.17) is 5.73 Å². The highest BCUT2D eigenvalue weighted by Crippen LogP contribution is 2.19. The van der Waals surface area contributed by atoms with E-state index in [1.807, 2.05) is 0 Å². The summed E-state index contributed by atoms with van der Waals surface area (Å²) >= 11 is 0. The molecule has 0 fully saturated rings. The van der Waals surface area contributed by atoms with Gasteiger partial charge in [-0.2, -0.15) is 0 Å². The van der Waals surface area contributed by atoms with Crippen molar-refractivity contribution in [3.8, 4) is 0 Å². The molecule has 0 aliphatic heterocycles. The maximum atomic E-state index is 12.8. The first kappa shape index (κ1) is 6.22. The second kappa shape index (κ2) is 1.99. The summed E-state index contributed by atoms with van der Waals surface area (Å²) in [5.41, 5.74) is 8.31. The zero-order valence-corrected chi connectivity index (χ0v) is 5.69. The van der Waals surface area contributed by atoms with Gasteiger partial charge in [0.25, 0.3) is 0 Å². The van der Waals surface area contributed by atoms with Crippen LogP contribution < -0.4 is 5.73 Å². The van der Waals surface area contributed by atoms with E-state index >= 15 is 0 Å². The lowest BCUT2D eigenvalue weighted by Crippen LogP contribution is -1.71. The van der Waals surface area contributed by atoms with Crippen LogP contribution >= 0.6 is 0 Å². The zero-order valence-electron chi connectivity index (χ0n) is 5.69. The largest absolute Gasteiger partial charge is 0.358 e. The normalized spacial score (nSPS) is 10.6. The van der Waals surface area contributed by atoms with E-state index in [0.717, 1.165) is 0 Å². The van der Waals surface area contributed by atoms with E-state index < -0.39 is 0 Å². The van der Waals surface area contributed by atoms with Gasteiger partial charge in [0.2, 0.25) is 0 Å². The third-order valence-corrected chi connectivity index (χ3v) is 1.63. The molecule has 2 rings (SSSR count). The summed E-state index contributed by atoms with van der Waals surface area (Å²) in [5, 5.41) is 0.543. The van der Waals surface area contributed by atoms with Gasteiger partial charge in [0.05, 0.1) is 11.2 Å². The first-order valence-electron chi connectivity index (χ1n) is 3.25. The second-order valence-corrected chi connectivity index (χ2v) is 2.40. The quantitative estimate of drug-likeness (QED) is 0.596. The van der Waals surface area contributed by atoms with Crippen LogP contribution in [0.3, 0.4) is 0 Å². The molecule has 2 N–H and O–H groups in total. The van der Waals surface area contributed by atoms with Gasteiger partial charge in [-0.15, -0.1) is 0 Å². The number of H-pyrrole nitrogens is 1. The zero-order chi connectivity index (χ0) is 7.84. The van der Waals surface area contributed by atoms with Gasteiger partial charge in [-0.05, 0) is 18.2 Å². The molecular formula is C8H6FN2. The lowest BCUT2D eigenvalue weighted by molar-refractivity contribution is 0.639. The van der Waals surface area contributed by atoms with Gasteiger partial charge in [0, 0.05) is 11.6 Å². The van der Waals surface area contributed by atoms with Gasteiger partial charge in [0.15, 0.2) is 0 Å². The minimum atomic E-state index is -0.264. The Kier molecular flexibility index (Phi) is 1.12. The van der Waals surface area contributed by atoms with Gasteiger partial charge in [-0.25, -0.2) is 4.39 Å². The minimum absolute atomic E-state index is 0.264. The topological polar surface area (TPSA) is 39.6 Å². The summed E-state index contributed by atoms with van der Waals surface area (Å²) in [6.07, 6.45) is 1.30. The number of halogens is 1. The van der Waals surface area contributed by atoms with Crippen LogP contribution in [-0.4, -0.2) is 4.98 Å². The van der Waals surface area contributed by atoms with E-state index in [0.29, 0.717) is 16.6 Å². The number of aromatic amines is 1. The Morgan fingerprint density at radius 2 is 2.18 bits per heavy atom. The predicted octanol–water partition coefficient (Wildman–Crippen LogP) is 2.22. The molecule has 0 bridgehead atoms. The molecule has 1 radical (unpaired) electrons. The molecule has 0 spiro atoms. The van der Waals surface area contributed by atoms with E-state index in [9.17, 15) is 4.39 Å². The van der Waals surface area contributed by atoms with E-state index in [-0.39, 0.29) is 5.82 Å². The minimum Gasteiger partial charge on any atom is -0.358 e. The maximum Gasteiger partial charge on any atom is 0.148 e. The van der Waals surface area contributed by atoms with Crippen molar-refractivity contribution in [3.63, 3.8) is 0 Å². The third-order valence-electron chi connectivity index (χ3n) is 1.63. The Balaban J connectivity index is 2.86. The molecule has 3 heteroatoms. The number of nitrogens with one attached hydrogen (secondary N) is 2. The Hall–Kier alpha value is -1.51. The molecular weight excluding hydrogens is 143 g/mol. The van der Waals surface area contributed by atoms with Crippen molar-refractivity contribution in [2.45, 2.75) is 0 Å². The summed E-state index contributed by atoms with van der Waals surface area (Å²) < 4.78 is 12.8. The van der Waals surface area contributed by atoms with Gasteiger partial charge in [0.1, 0.15) is 5.82 Å². The summed E-state index contributed by atoms with van der Waals surface area (Å²) in [6, 6.07) is 4.77. The number of fused-ring (bicyclic) bond motifs is 1. The van der Waals surface area contributed by atoms with Crippen molar-refractivity contribution in [2.75, 3.05) is 0 Å². The molecule has 1 aromatic carbocycles. The molecule has 2 nitrogen and oxygen atoms in total. The molecule has 2 aromatic rings. The first-order chi connectivity index (χ1) is 5.27. The number of rotatable bonds is 0. The number of aromatic nitrogens is 1. The van der Waals surface area contributed by atoms with Crippen molar-refractivity contribution >= 4 is 16.6 Å². The van der Waals surface area contributed by atoms with Crippen LogP contribution in [0, 0.1) is 5.82 Å². The average molecular weight is 149 g/mol. The highest BCUT2D eigenvalue weighted by atomic mass is 19.1. The van der Waals surface area contributed by atoms with Crippen molar-refractivity contribution in [1.82, 2.24) is 10.7 Å². The highest BCUT2D eigenvalue weighted by molar-refractivity contribution is 5.82. The van der Waals surface area contributed by atoms with Crippen molar-refractivity contribution in [1.29, 1.82) is 0 Å². The first-order valence-corrected chi connectivity index (χ1v) is 3.25. The fraction of sp³-hybridized carbons (Fsp3) is 0. The maximum absolute atomic E-state index is 12.8. The standard InChI is InChI=1S/C8H6FN2/c9-7-4-11-8-3-5(10)1-2-6(7)8/h1-4,10-11H. The van der Waals surface area contributed by atoms with Crippen LogP contribution in [0.5, 0.6) is 0 Å². The number of hydrogen-bond donors (Lipinski definition) is 1. The summed E-state index contributed by atoms with van der Waals surface area (Å²) in [4.78, 5) is 2.73. The summed E-state index contributed by atoms with van der Waals surface area (Å²) in [7, 11) is 0. The van der Waals surface area contributed by atoms with Crippen molar-refractivity contribution in [3.05, 3.63) is 30.2 Å². The molecule has 11 heavy (non-hydrogen) atoms. The molecule has 55 valence electrons. The summed E-state index contributed by atoms with van der Waals surface area (Å²) in [6.45, 7) is 0. The highest BCUT2D eigenvalue weighted by Gasteiger charge is 2.00. The van der Waals surface area contributed by atoms with Crippen molar-refractivity contribution in [2.24, 2.45) is 0 Å². The molecule has 0 saturated heterocycles. The third kappa shape index (κ3) is 0.852. The molecule has 0 amide bonds. The Labute approximate surface area is 62.8 Å². The van der Waals surface area contributed by atoms with E-state index in [2.05, 4.69) is 4.98 Å². The average Bonchev–Trinajstić information content (AvgIpc) is 2.32. The molecule has 0 unspecified atom stereocenters. The monoisotopic (exact) mass is 149 g/mol. The van der Waals surface area contributed by atoms with Crippen LogP contribution in [0.25, 0.3) is 10.9 Å². The molecule has 0 atom stereocenters. The van der Waals surface area contributed by atoms with Gasteiger partial charge >= 0.3 is 0 Å². The van der Waals surface area contributed by atoms with Crippen LogP contribution in [0.1, 0.15) is 0 Å². The van der Waals surface area contributed by atoms with Gasteiger partial charge < -0.3 is 10.7 Å². The van der Waals surface area contributed by atoms with Crippen LogP contribution in [-0.2, 0) is 0 Å². The number of benzene rings is 1. The van der Waals surface area contributed by atoms with E-state index in [1.165, 1.54) is 6.20 Å². The fourth-order valence-electron chi connectivity index (χ4n) is 1.09. The summed E-state index contributed by atoms with van der Waals surface area (Å²) in [5.74, 6) is -0.264. The molecule has 0 saturated carbocycles. The van der Waals surface area contributed by atoms with Crippen LogP contribution in [0.4, 0.5) is 10.1 Å². The van der Waals surface area contributed by atoms with Gasteiger partial charge in [-0.3, -0.25) is 0 Å². The molecule has 0 aliphatic rings. The second-order valence-electron chi connectivity index (χ2n) is 2.40. The van der Waals surface area contributed by atoms with Crippen LogP contribution in [0.15, 0.2) is 24.4 Å². The lowest BCUT2D eigenvalue weighted by atomic mass is 10.2. The Morgan fingerprint density at radius 1 is 1.36 bits per heavy atom. The van der Waals surface area contributed by atoms with Crippen LogP contribution in [0.2, 0.25) is 0 Å². The molecule has 1 heterocycles. The molecule has 0 aliphatic carbocycles. The number of hydrogen-bond acceptors (Lipinski definition) is 0. The smallest absolute Gasteiger partial charge is 0.148 e.